The van der Waals surface area contributed by atoms with E-state index in [2.05, 4.69) is 28.1 Å². The maximum absolute atomic E-state index is 5.86. The third-order valence-electron chi connectivity index (χ3n) is 1.79. The molecule has 1 aliphatic rings. The Labute approximate surface area is 78.5 Å². The minimum Gasteiger partial charge on any atom is -0.323 e. The monoisotopic (exact) mass is 229 g/mol. The minimum atomic E-state index is 0.239. The maximum atomic E-state index is 5.86. The molecule has 0 bridgehead atoms. The molecule has 1 aliphatic heterocycles. The summed E-state index contributed by atoms with van der Waals surface area (Å²) in [5, 5.41) is 0. The Kier molecular flexibility index (Phi) is 1.95. The number of rotatable bonds is 0. The molecule has 1 aromatic carbocycles. The number of nitrogens with two attached hydrogens (primary N) is 1. The quantitative estimate of drug-likeness (QED) is 0.741. The molecule has 0 amide bonds. The summed E-state index contributed by atoms with van der Waals surface area (Å²) in [7, 11) is 0. The van der Waals surface area contributed by atoms with Crippen LogP contribution in [0.5, 0.6) is 0 Å². The molecule has 1 nitrogen and oxygen atoms in total. The molecule has 0 aliphatic carbocycles. The molecule has 2 N–H and O–H groups in total. The van der Waals surface area contributed by atoms with E-state index in [0.717, 1.165) is 10.2 Å². The molecule has 2 rings (SSSR count). The third kappa shape index (κ3) is 1.33. The molecule has 11 heavy (non-hydrogen) atoms. The Morgan fingerprint density at radius 1 is 1.55 bits per heavy atom. The van der Waals surface area contributed by atoms with Gasteiger partial charge in [-0.15, -0.1) is 11.8 Å². The van der Waals surface area contributed by atoms with Gasteiger partial charge >= 0.3 is 0 Å². The van der Waals surface area contributed by atoms with E-state index in [9.17, 15) is 0 Å². The zero-order valence-electron chi connectivity index (χ0n) is 5.88. The molecule has 0 unspecified atom stereocenters. The molecule has 58 valence electrons. The smallest absolute Gasteiger partial charge is 0.0401 e. The van der Waals surface area contributed by atoms with Crippen LogP contribution in [0.15, 0.2) is 27.6 Å². The third-order valence-corrected chi connectivity index (χ3v) is 3.48. The Bertz CT molecular complexity index is 287. The van der Waals surface area contributed by atoms with Crippen LogP contribution in [0.25, 0.3) is 0 Å². The van der Waals surface area contributed by atoms with Crippen molar-refractivity contribution in [2.24, 2.45) is 5.73 Å². The fourth-order valence-electron chi connectivity index (χ4n) is 1.21. The van der Waals surface area contributed by atoms with Gasteiger partial charge in [0.1, 0.15) is 0 Å². The second-order valence-corrected chi connectivity index (χ2v) is 4.58. The van der Waals surface area contributed by atoms with Crippen LogP contribution >= 0.6 is 27.7 Å². The lowest BCUT2D eigenvalue weighted by Crippen LogP contribution is -2.07. The highest BCUT2D eigenvalue weighted by Gasteiger charge is 2.18. The molecule has 0 radical (unpaired) electrons. The second-order valence-electron chi connectivity index (χ2n) is 2.60. The number of halogens is 1. The van der Waals surface area contributed by atoms with Gasteiger partial charge in [0.25, 0.3) is 0 Å². The van der Waals surface area contributed by atoms with E-state index in [1.54, 1.807) is 0 Å². The molecule has 1 atom stereocenters. The van der Waals surface area contributed by atoms with Gasteiger partial charge in [-0.2, -0.15) is 0 Å². The topological polar surface area (TPSA) is 26.0 Å². The molecular weight excluding hydrogens is 222 g/mol. The largest absolute Gasteiger partial charge is 0.323 e. The average molecular weight is 230 g/mol. The summed E-state index contributed by atoms with van der Waals surface area (Å²) in [4.78, 5) is 1.33. The summed E-state index contributed by atoms with van der Waals surface area (Å²) in [5.41, 5.74) is 7.15. The lowest BCUT2D eigenvalue weighted by atomic mass is 10.1. The van der Waals surface area contributed by atoms with Crippen LogP contribution in [0, 0.1) is 0 Å². The predicted molar refractivity (Wildman–Crippen MR) is 51.8 cm³/mol. The highest BCUT2D eigenvalue weighted by molar-refractivity contribution is 9.10. The minimum absolute atomic E-state index is 0.239. The van der Waals surface area contributed by atoms with Crippen molar-refractivity contribution in [2.75, 3.05) is 5.75 Å². The fourth-order valence-corrected chi connectivity index (χ4v) is 2.86. The van der Waals surface area contributed by atoms with Gasteiger partial charge in [-0.25, -0.2) is 0 Å². The Hall–Kier alpha value is 0.01000. The molecule has 0 saturated carbocycles. The molecule has 0 fully saturated rings. The van der Waals surface area contributed by atoms with Crippen molar-refractivity contribution >= 4 is 27.7 Å². The first-order valence-corrected chi connectivity index (χ1v) is 5.23. The van der Waals surface area contributed by atoms with Crippen LogP contribution in [0.2, 0.25) is 0 Å². The van der Waals surface area contributed by atoms with Crippen LogP contribution in [0.1, 0.15) is 11.6 Å². The number of benzene rings is 1. The first-order chi connectivity index (χ1) is 5.27. The van der Waals surface area contributed by atoms with Crippen LogP contribution in [0.3, 0.4) is 0 Å². The van der Waals surface area contributed by atoms with Gasteiger partial charge < -0.3 is 5.73 Å². The summed E-state index contributed by atoms with van der Waals surface area (Å²) in [6, 6.07) is 6.52. The highest BCUT2D eigenvalue weighted by Crippen LogP contribution is 2.37. The van der Waals surface area contributed by atoms with Gasteiger partial charge in [-0.1, -0.05) is 22.0 Å². The summed E-state index contributed by atoms with van der Waals surface area (Å²) in [6.45, 7) is 0. The zero-order chi connectivity index (χ0) is 7.84. The normalized spacial score (nSPS) is 21.8. The maximum Gasteiger partial charge on any atom is 0.0401 e. The van der Waals surface area contributed by atoms with Crippen molar-refractivity contribution in [3.05, 3.63) is 28.2 Å². The number of fused-ring (bicyclic) bond motifs is 1. The highest BCUT2D eigenvalue weighted by atomic mass is 79.9. The van der Waals surface area contributed by atoms with Crippen molar-refractivity contribution in [3.8, 4) is 0 Å². The fraction of sp³-hybridized carbons (Fsp3) is 0.250. The zero-order valence-corrected chi connectivity index (χ0v) is 8.28. The second kappa shape index (κ2) is 2.81. The molecule has 1 heterocycles. The average Bonchev–Trinajstić information content (AvgIpc) is 2.32. The summed E-state index contributed by atoms with van der Waals surface area (Å²) in [5.74, 6) is 1.02. The molecule has 1 aromatic rings. The predicted octanol–water partition coefficient (Wildman–Crippen LogP) is 2.55. The van der Waals surface area contributed by atoms with E-state index >= 15 is 0 Å². The summed E-state index contributed by atoms with van der Waals surface area (Å²) >= 11 is 5.27. The van der Waals surface area contributed by atoms with Gasteiger partial charge in [0, 0.05) is 21.2 Å². The van der Waals surface area contributed by atoms with Gasteiger partial charge in [-0.3, -0.25) is 0 Å². The van der Waals surface area contributed by atoms with Crippen molar-refractivity contribution in [1.29, 1.82) is 0 Å². The van der Waals surface area contributed by atoms with Gasteiger partial charge in [0.15, 0.2) is 0 Å². The van der Waals surface area contributed by atoms with Crippen LogP contribution in [-0.2, 0) is 0 Å². The lowest BCUT2D eigenvalue weighted by Gasteiger charge is -2.01. The van der Waals surface area contributed by atoms with E-state index in [0.29, 0.717) is 0 Å². The van der Waals surface area contributed by atoms with Crippen molar-refractivity contribution < 1.29 is 0 Å². The van der Waals surface area contributed by atoms with Gasteiger partial charge in [0.2, 0.25) is 0 Å². The summed E-state index contributed by atoms with van der Waals surface area (Å²) in [6.07, 6.45) is 0. The standard InChI is InChI=1S/C8H8BrNS/c9-5-1-2-6-7(10)4-11-8(6)3-5/h1-3,7H,4,10H2/t7-/m0/s1. The van der Waals surface area contributed by atoms with Crippen molar-refractivity contribution in [2.45, 2.75) is 10.9 Å². The SMILES string of the molecule is N[C@H]1CSc2cc(Br)ccc21. The van der Waals surface area contributed by atoms with E-state index in [1.807, 2.05) is 17.8 Å². The van der Waals surface area contributed by atoms with E-state index < -0.39 is 0 Å². The Morgan fingerprint density at radius 3 is 3.18 bits per heavy atom. The summed E-state index contributed by atoms with van der Waals surface area (Å²) < 4.78 is 1.14. The van der Waals surface area contributed by atoms with E-state index in [1.165, 1.54) is 10.5 Å². The van der Waals surface area contributed by atoms with E-state index in [4.69, 9.17) is 5.73 Å². The molecule has 3 heteroatoms. The van der Waals surface area contributed by atoms with Crippen LogP contribution in [0.4, 0.5) is 0 Å². The van der Waals surface area contributed by atoms with E-state index in [-0.39, 0.29) is 6.04 Å². The Morgan fingerprint density at radius 2 is 2.36 bits per heavy atom. The van der Waals surface area contributed by atoms with Crippen molar-refractivity contribution in [1.82, 2.24) is 0 Å². The number of hydrogen-bond donors (Lipinski definition) is 1. The molecular formula is C8H8BrNS. The molecule has 0 saturated heterocycles. The first kappa shape index (κ1) is 7.65. The Balaban J connectivity index is 2.50. The van der Waals surface area contributed by atoms with Crippen LogP contribution < -0.4 is 5.73 Å². The first-order valence-electron chi connectivity index (χ1n) is 3.45. The van der Waals surface area contributed by atoms with Crippen molar-refractivity contribution in [3.63, 3.8) is 0 Å². The number of thioether (sulfide) groups is 1. The lowest BCUT2D eigenvalue weighted by molar-refractivity contribution is 0.833. The van der Waals surface area contributed by atoms with Crippen LogP contribution in [-0.4, -0.2) is 5.75 Å². The number of hydrogen-bond acceptors (Lipinski definition) is 2. The molecule has 0 spiro atoms. The van der Waals surface area contributed by atoms with Gasteiger partial charge in [0.05, 0.1) is 0 Å². The van der Waals surface area contributed by atoms with Gasteiger partial charge in [-0.05, 0) is 17.7 Å². The molecule has 0 aromatic heterocycles.